The minimum atomic E-state index is -0.199. The Labute approximate surface area is 123 Å². The number of rotatable bonds is 6. The number of ether oxygens (including phenoxy) is 1. The van der Waals surface area contributed by atoms with Crippen molar-refractivity contribution < 1.29 is 14.6 Å². The van der Waals surface area contributed by atoms with E-state index in [1.165, 1.54) is 7.11 Å². The first kappa shape index (κ1) is 14.9. The van der Waals surface area contributed by atoms with Gasteiger partial charge < -0.3 is 20.5 Å². The highest BCUT2D eigenvalue weighted by Gasteiger charge is 2.03. The van der Waals surface area contributed by atoms with Gasteiger partial charge in [0.05, 0.1) is 0 Å². The van der Waals surface area contributed by atoms with E-state index in [1.54, 1.807) is 18.2 Å². The van der Waals surface area contributed by atoms with E-state index in [0.717, 1.165) is 11.3 Å². The molecular formula is C16H18N2O3. The molecule has 5 nitrogen and oxygen atoms in total. The summed E-state index contributed by atoms with van der Waals surface area (Å²) in [4.78, 5) is 11.5. The van der Waals surface area contributed by atoms with Crippen molar-refractivity contribution in [3.8, 4) is 5.75 Å². The van der Waals surface area contributed by atoms with Gasteiger partial charge in [0.2, 0.25) is 5.91 Å². The zero-order valence-corrected chi connectivity index (χ0v) is 11.8. The first-order valence-corrected chi connectivity index (χ1v) is 6.58. The molecule has 3 N–H and O–H groups in total. The third-order valence-corrected chi connectivity index (χ3v) is 2.90. The van der Waals surface area contributed by atoms with Crippen LogP contribution in [0.1, 0.15) is 5.56 Å². The van der Waals surface area contributed by atoms with Crippen molar-refractivity contribution in [3.05, 3.63) is 54.1 Å². The van der Waals surface area contributed by atoms with Gasteiger partial charge in [-0.3, -0.25) is 4.79 Å². The lowest BCUT2D eigenvalue weighted by Gasteiger charge is -2.10. The molecule has 2 rings (SSSR count). The van der Waals surface area contributed by atoms with Crippen LogP contribution in [0.15, 0.2) is 48.5 Å². The molecular weight excluding hydrogens is 268 g/mol. The molecule has 0 fully saturated rings. The Bertz CT molecular complexity index is 614. The number of methoxy groups -OCH3 is 1. The van der Waals surface area contributed by atoms with Crippen molar-refractivity contribution in [2.75, 3.05) is 24.4 Å². The molecule has 0 aliphatic carbocycles. The molecule has 2 aromatic carbocycles. The third-order valence-electron chi connectivity index (χ3n) is 2.90. The molecule has 2 aromatic rings. The Morgan fingerprint density at radius 3 is 2.67 bits per heavy atom. The van der Waals surface area contributed by atoms with Crippen LogP contribution >= 0.6 is 0 Å². The van der Waals surface area contributed by atoms with Crippen LogP contribution in [0, 0.1) is 0 Å². The summed E-state index contributed by atoms with van der Waals surface area (Å²) < 4.78 is 4.77. The summed E-state index contributed by atoms with van der Waals surface area (Å²) in [5.41, 5.74) is 2.36. The molecule has 0 bridgehead atoms. The molecule has 0 aliphatic rings. The predicted octanol–water partition coefficient (Wildman–Crippen LogP) is 2.59. The predicted molar refractivity (Wildman–Crippen MR) is 82.4 cm³/mol. The van der Waals surface area contributed by atoms with Gasteiger partial charge in [-0.25, -0.2) is 0 Å². The first-order chi connectivity index (χ1) is 10.2. The molecule has 0 unspecified atom stereocenters. The maximum absolute atomic E-state index is 11.5. The SMILES string of the molecule is COCC(=O)Nc1cccc(NCc2ccccc2O)c1. The van der Waals surface area contributed by atoms with Gasteiger partial charge in [-0.1, -0.05) is 24.3 Å². The van der Waals surface area contributed by atoms with E-state index < -0.39 is 0 Å². The monoisotopic (exact) mass is 286 g/mol. The average molecular weight is 286 g/mol. The normalized spacial score (nSPS) is 10.1. The van der Waals surface area contributed by atoms with Gasteiger partial charge >= 0.3 is 0 Å². The van der Waals surface area contributed by atoms with Crippen LogP contribution in [0.25, 0.3) is 0 Å². The standard InChI is InChI=1S/C16H18N2O3/c1-21-11-16(20)18-14-7-4-6-13(9-14)17-10-12-5-2-3-8-15(12)19/h2-9,17,19H,10-11H2,1H3,(H,18,20). The highest BCUT2D eigenvalue weighted by atomic mass is 16.5. The second-order valence-corrected chi connectivity index (χ2v) is 4.54. The van der Waals surface area contributed by atoms with E-state index in [4.69, 9.17) is 4.74 Å². The number of phenolic OH excluding ortho intramolecular Hbond substituents is 1. The largest absolute Gasteiger partial charge is 0.508 e. The number of carbonyl (C=O) groups excluding carboxylic acids is 1. The summed E-state index contributed by atoms with van der Waals surface area (Å²) in [6.07, 6.45) is 0. The van der Waals surface area contributed by atoms with Crippen LogP contribution in [0.4, 0.5) is 11.4 Å². The van der Waals surface area contributed by atoms with Gasteiger partial charge in [0.15, 0.2) is 0 Å². The number of carbonyl (C=O) groups is 1. The molecule has 0 spiro atoms. The number of benzene rings is 2. The fourth-order valence-electron chi connectivity index (χ4n) is 1.89. The number of amides is 1. The van der Waals surface area contributed by atoms with E-state index in [0.29, 0.717) is 12.2 Å². The minimum Gasteiger partial charge on any atom is -0.508 e. The third kappa shape index (κ3) is 4.50. The molecule has 0 atom stereocenters. The Morgan fingerprint density at radius 1 is 1.14 bits per heavy atom. The molecule has 110 valence electrons. The fourth-order valence-corrected chi connectivity index (χ4v) is 1.89. The van der Waals surface area contributed by atoms with Crippen molar-refractivity contribution in [1.82, 2.24) is 0 Å². The summed E-state index contributed by atoms with van der Waals surface area (Å²) in [6, 6.07) is 14.5. The lowest BCUT2D eigenvalue weighted by Crippen LogP contribution is -2.17. The maximum Gasteiger partial charge on any atom is 0.250 e. The van der Waals surface area contributed by atoms with Crippen LogP contribution in [0.5, 0.6) is 5.75 Å². The highest BCUT2D eigenvalue weighted by Crippen LogP contribution is 2.19. The van der Waals surface area contributed by atoms with E-state index in [-0.39, 0.29) is 18.3 Å². The molecule has 0 radical (unpaired) electrons. The molecule has 0 aliphatic heterocycles. The number of hydrogen-bond acceptors (Lipinski definition) is 4. The Morgan fingerprint density at radius 2 is 1.90 bits per heavy atom. The molecule has 0 saturated carbocycles. The van der Waals surface area contributed by atoms with Crippen LogP contribution in [-0.2, 0) is 16.1 Å². The van der Waals surface area contributed by atoms with Crippen molar-refractivity contribution >= 4 is 17.3 Å². The van der Waals surface area contributed by atoms with Gasteiger partial charge in [-0.15, -0.1) is 0 Å². The second-order valence-electron chi connectivity index (χ2n) is 4.54. The Hall–Kier alpha value is -2.53. The number of para-hydroxylation sites is 1. The van der Waals surface area contributed by atoms with Gasteiger partial charge in [0.25, 0.3) is 0 Å². The summed E-state index contributed by atoms with van der Waals surface area (Å²) >= 11 is 0. The van der Waals surface area contributed by atoms with Crippen molar-refractivity contribution in [2.45, 2.75) is 6.54 Å². The average Bonchev–Trinajstić information content (AvgIpc) is 2.47. The second kappa shape index (κ2) is 7.31. The summed E-state index contributed by atoms with van der Waals surface area (Å²) in [6.45, 7) is 0.525. The molecule has 1 amide bonds. The van der Waals surface area contributed by atoms with Gasteiger partial charge in [0.1, 0.15) is 12.4 Å². The Balaban J connectivity index is 1.98. The van der Waals surface area contributed by atoms with Crippen LogP contribution in [-0.4, -0.2) is 24.7 Å². The summed E-state index contributed by atoms with van der Waals surface area (Å²) in [5.74, 6) is 0.0601. The van der Waals surface area contributed by atoms with Gasteiger partial charge in [-0.2, -0.15) is 0 Å². The Kier molecular flexibility index (Phi) is 5.17. The van der Waals surface area contributed by atoms with Crippen molar-refractivity contribution in [2.24, 2.45) is 0 Å². The van der Waals surface area contributed by atoms with Crippen LogP contribution in [0.3, 0.4) is 0 Å². The number of phenols is 1. The number of anilines is 2. The lowest BCUT2D eigenvalue weighted by atomic mass is 10.2. The van der Waals surface area contributed by atoms with E-state index in [1.807, 2.05) is 30.3 Å². The fraction of sp³-hybridized carbons (Fsp3) is 0.188. The number of nitrogens with one attached hydrogen (secondary N) is 2. The van der Waals surface area contributed by atoms with E-state index >= 15 is 0 Å². The summed E-state index contributed by atoms with van der Waals surface area (Å²) in [7, 11) is 1.48. The van der Waals surface area contributed by atoms with E-state index in [9.17, 15) is 9.90 Å². The topological polar surface area (TPSA) is 70.6 Å². The molecule has 5 heteroatoms. The van der Waals surface area contributed by atoms with E-state index in [2.05, 4.69) is 10.6 Å². The zero-order valence-electron chi connectivity index (χ0n) is 11.8. The quantitative estimate of drug-likeness (QED) is 0.763. The zero-order chi connectivity index (χ0) is 15.1. The first-order valence-electron chi connectivity index (χ1n) is 6.58. The maximum atomic E-state index is 11.5. The summed E-state index contributed by atoms with van der Waals surface area (Å²) in [5, 5.41) is 15.7. The van der Waals surface area contributed by atoms with Crippen molar-refractivity contribution in [3.63, 3.8) is 0 Å². The van der Waals surface area contributed by atoms with Crippen LogP contribution < -0.4 is 10.6 Å². The highest BCUT2D eigenvalue weighted by molar-refractivity contribution is 5.92. The molecule has 21 heavy (non-hydrogen) atoms. The molecule has 0 aromatic heterocycles. The number of aromatic hydroxyl groups is 1. The molecule has 0 saturated heterocycles. The van der Waals surface area contributed by atoms with Gasteiger partial charge in [0, 0.05) is 30.6 Å². The number of hydrogen-bond donors (Lipinski definition) is 3. The minimum absolute atomic E-state index is 0.0234. The van der Waals surface area contributed by atoms with Crippen molar-refractivity contribution in [1.29, 1.82) is 0 Å². The smallest absolute Gasteiger partial charge is 0.250 e. The van der Waals surface area contributed by atoms with Gasteiger partial charge in [-0.05, 0) is 24.3 Å². The van der Waals surface area contributed by atoms with Crippen LogP contribution in [0.2, 0.25) is 0 Å². The lowest BCUT2D eigenvalue weighted by molar-refractivity contribution is -0.119. The molecule has 0 heterocycles.